The molecular weight excluding hydrogens is 380 g/mol. The van der Waals surface area contributed by atoms with Gasteiger partial charge in [-0.25, -0.2) is 0 Å². The fraction of sp³-hybridized carbons (Fsp3) is 0.250. The van der Waals surface area contributed by atoms with Crippen LogP contribution in [0.3, 0.4) is 0 Å². The summed E-state index contributed by atoms with van der Waals surface area (Å²) in [6.45, 7) is 3.78. The predicted molar refractivity (Wildman–Crippen MR) is 110 cm³/mol. The second-order valence-electron chi connectivity index (χ2n) is 6.62. The molecule has 4 rings (SSSR count). The molecule has 0 atom stereocenters. The van der Waals surface area contributed by atoms with Crippen molar-refractivity contribution >= 4 is 40.2 Å². The van der Waals surface area contributed by atoms with Crippen LogP contribution in [0.2, 0.25) is 5.02 Å². The van der Waals surface area contributed by atoms with Crippen molar-refractivity contribution in [1.29, 1.82) is 0 Å². The van der Waals surface area contributed by atoms with Crippen LogP contribution in [0.15, 0.2) is 42.5 Å². The van der Waals surface area contributed by atoms with Crippen LogP contribution in [0.1, 0.15) is 32.4 Å². The van der Waals surface area contributed by atoms with E-state index in [-0.39, 0.29) is 5.91 Å². The van der Waals surface area contributed by atoms with E-state index < -0.39 is 0 Å². The molecule has 2 aromatic carbocycles. The Hall–Kier alpha value is -2.44. The summed E-state index contributed by atoms with van der Waals surface area (Å²) in [6.07, 6.45) is 2.23. The Morgan fingerprint density at radius 1 is 1.22 bits per heavy atom. The third-order valence-corrected chi connectivity index (χ3v) is 5.70. The number of fused-ring (bicyclic) bond motifs is 1. The van der Waals surface area contributed by atoms with Gasteiger partial charge in [-0.1, -0.05) is 40.6 Å². The van der Waals surface area contributed by atoms with E-state index in [0.29, 0.717) is 22.3 Å². The Morgan fingerprint density at radius 2 is 2.04 bits per heavy atom. The Kier molecular flexibility index (Phi) is 5.09. The lowest BCUT2D eigenvalue weighted by atomic mass is 10.00. The quantitative estimate of drug-likeness (QED) is 0.691. The van der Waals surface area contributed by atoms with Gasteiger partial charge in [-0.2, -0.15) is 0 Å². The molecule has 0 unspecified atom stereocenters. The van der Waals surface area contributed by atoms with E-state index in [0.717, 1.165) is 24.4 Å². The first-order valence-corrected chi connectivity index (χ1v) is 10.0. The summed E-state index contributed by atoms with van der Waals surface area (Å²) in [4.78, 5) is 14.7. The van der Waals surface area contributed by atoms with Crippen molar-refractivity contribution < 1.29 is 4.79 Å². The molecule has 1 amide bonds. The van der Waals surface area contributed by atoms with Crippen molar-refractivity contribution in [2.45, 2.75) is 26.3 Å². The zero-order valence-electron chi connectivity index (χ0n) is 14.9. The molecule has 1 N–H and O–H groups in total. The Labute approximate surface area is 167 Å². The summed E-state index contributed by atoms with van der Waals surface area (Å²) < 4.78 is 0. The lowest BCUT2D eigenvalue weighted by Gasteiger charge is -2.30. The number of halogens is 1. The topological polar surface area (TPSA) is 58.1 Å². The maximum Gasteiger partial charge on any atom is 0.286 e. The van der Waals surface area contributed by atoms with Gasteiger partial charge in [0.1, 0.15) is 5.01 Å². The molecule has 1 aromatic heterocycles. The summed E-state index contributed by atoms with van der Waals surface area (Å²) in [5.41, 5.74) is 4.61. The largest absolute Gasteiger partial charge is 0.364 e. The Balaban J connectivity index is 1.46. The number of hydrogen-bond acceptors (Lipinski definition) is 5. The van der Waals surface area contributed by atoms with E-state index in [9.17, 15) is 4.79 Å². The van der Waals surface area contributed by atoms with Crippen LogP contribution in [0.25, 0.3) is 0 Å². The van der Waals surface area contributed by atoms with E-state index in [2.05, 4.69) is 45.5 Å². The molecule has 0 saturated carbocycles. The van der Waals surface area contributed by atoms with Gasteiger partial charge in [0.05, 0.1) is 6.54 Å². The number of rotatable bonds is 4. The average molecular weight is 399 g/mol. The first kappa shape index (κ1) is 17.9. The molecule has 7 heteroatoms. The fourth-order valence-corrected chi connectivity index (χ4v) is 4.13. The van der Waals surface area contributed by atoms with Crippen molar-refractivity contribution in [2.75, 3.05) is 16.8 Å². The molecule has 0 fully saturated rings. The molecule has 5 nitrogen and oxygen atoms in total. The number of benzene rings is 2. The number of hydrogen-bond donors (Lipinski definition) is 1. The summed E-state index contributed by atoms with van der Waals surface area (Å²) >= 11 is 7.20. The van der Waals surface area contributed by atoms with Crippen LogP contribution in [-0.4, -0.2) is 22.6 Å². The number of nitrogens with one attached hydrogen (secondary N) is 1. The zero-order chi connectivity index (χ0) is 18.8. The molecule has 0 spiro atoms. The van der Waals surface area contributed by atoms with Gasteiger partial charge >= 0.3 is 0 Å². The number of carbonyl (C=O) groups is 1. The zero-order valence-corrected chi connectivity index (χ0v) is 16.5. The van der Waals surface area contributed by atoms with Crippen molar-refractivity contribution in [3.63, 3.8) is 0 Å². The molecule has 0 radical (unpaired) electrons. The number of nitrogens with zero attached hydrogens (tertiary/aromatic N) is 3. The van der Waals surface area contributed by atoms with E-state index in [1.165, 1.54) is 28.2 Å². The van der Waals surface area contributed by atoms with Gasteiger partial charge in [0.2, 0.25) is 5.01 Å². The minimum atomic E-state index is -0.254. The molecule has 2 heterocycles. The highest BCUT2D eigenvalue weighted by Gasteiger charge is 2.20. The van der Waals surface area contributed by atoms with Crippen LogP contribution >= 0.6 is 22.9 Å². The minimum Gasteiger partial charge on any atom is -0.364 e. The number of anilines is 2. The van der Waals surface area contributed by atoms with Gasteiger partial charge in [-0.05, 0) is 55.7 Å². The second kappa shape index (κ2) is 7.66. The minimum absolute atomic E-state index is 0.254. The fourth-order valence-electron chi connectivity index (χ4n) is 3.26. The smallest absolute Gasteiger partial charge is 0.286 e. The van der Waals surface area contributed by atoms with Crippen LogP contribution in [0, 0.1) is 6.92 Å². The van der Waals surface area contributed by atoms with Crippen LogP contribution in [0.5, 0.6) is 0 Å². The second-order valence-corrected chi connectivity index (χ2v) is 8.12. The van der Waals surface area contributed by atoms with Gasteiger partial charge in [0.15, 0.2) is 0 Å². The normalized spacial score (nSPS) is 13.3. The van der Waals surface area contributed by atoms with Crippen LogP contribution in [-0.2, 0) is 13.0 Å². The summed E-state index contributed by atoms with van der Waals surface area (Å²) in [6, 6.07) is 13.6. The lowest BCUT2D eigenvalue weighted by molar-refractivity contribution is 0.102. The number of carbonyl (C=O) groups excluding carboxylic acids is 1. The van der Waals surface area contributed by atoms with E-state index in [1.54, 1.807) is 24.3 Å². The van der Waals surface area contributed by atoms with Crippen LogP contribution in [0.4, 0.5) is 11.4 Å². The first-order chi connectivity index (χ1) is 13.1. The monoisotopic (exact) mass is 398 g/mol. The van der Waals surface area contributed by atoms with Gasteiger partial charge in [0.25, 0.3) is 5.91 Å². The third-order valence-electron chi connectivity index (χ3n) is 4.54. The molecule has 0 bridgehead atoms. The average Bonchev–Trinajstić information content (AvgIpc) is 3.12. The lowest BCUT2D eigenvalue weighted by Crippen LogP contribution is -2.28. The predicted octanol–water partition coefficient (Wildman–Crippen LogP) is 4.71. The van der Waals surface area contributed by atoms with Crippen molar-refractivity contribution in [3.05, 3.63) is 68.6 Å². The highest BCUT2D eigenvalue weighted by molar-refractivity contribution is 7.13. The molecule has 138 valence electrons. The number of aryl methyl sites for hydroxylation is 2. The summed E-state index contributed by atoms with van der Waals surface area (Å²) in [5, 5.41) is 12.9. The van der Waals surface area contributed by atoms with Gasteiger partial charge < -0.3 is 10.2 Å². The molecule has 1 aliphatic rings. The Morgan fingerprint density at radius 3 is 2.85 bits per heavy atom. The summed E-state index contributed by atoms with van der Waals surface area (Å²) in [5.74, 6) is -0.254. The highest BCUT2D eigenvalue weighted by atomic mass is 35.5. The van der Waals surface area contributed by atoms with Crippen molar-refractivity contribution in [3.8, 4) is 0 Å². The van der Waals surface area contributed by atoms with E-state index in [4.69, 9.17) is 11.6 Å². The maximum atomic E-state index is 12.4. The molecule has 1 aliphatic heterocycles. The molecule has 0 aliphatic carbocycles. The van der Waals surface area contributed by atoms with E-state index in [1.807, 2.05) is 0 Å². The SMILES string of the molecule is Cc1ccc2c(c1)CCCN2Cc1nnc(C(=O)Nc2ccc(Cl)cc2)s1. The number of aromatic nitrogens is 2. The maximum absolute atomic E-state index is 12.4. The van der Waals surface area contributed by atoms with Gasteiger partial charge in [-0.15, -0.1) is 10.2 Å². The molecular formula is C20H19ClN4OS. The van der Waals surface area contributed by atoms with Gasteiger partial charge in [0, 0.05) is 22.9 Å². The highest BCUT2D eigenvalue weighted by Crippen LogP contribution is 2.29. The van der Waals surface area contributed by atoms with E-state index >= 15 is 0 Å². The van der Waals surface area contributed by atoms with Crippen LogP contribution < -0.4 is 10.2 Å². The Bertz CT molecular complexity index is 970. The number of amides is 1. The molecule has 0 saturated heterocycles. The standard InChI is InChI=1S/C20H19ClN4OS/c1-13-4-9-17-14(11-13)3-2-10-25(17)12-18-23-24-20(27-18)19(26)22-16-7-5-15(21)6-8-16/h4-9,11H,2-3,10,12H2,1H3,(H,22,26). The van der Waals surface area contributed by atoms with Crippen molar-refractivity contribution in [2.24, 2.45) is 0 Å². The molecule has 3 aromatic rings. The first-order valence-electron chi connectivity index (χ1n) is 8.82. The summed E-state index contributed by atoms with van der Waals surface area (Å²) in [7, 11) is 0. The molecule has 27 heavy (non-hydrogen) atoms. The van der Waals surface area contributed by atoms with Crippen molar-refractivity contribution in [1.82, 2.24) is 10.2 Å². The van der Waals surface area contributed by atoms with Gasteiger partial charge in [-0.3, -0.25) is 4.79 Å². The third kappa shape index (κ3) is 4.12.